The molecule has 3 atom stereocenters. The SMILES string of the molecule is CCC(O[Si](C)(C)C)C(CC1CC(=O)OC1=O)[Si](C)(C)C. The summed E-state index contributed by atoms with van der Waals surface area (Å²) in [6.45, 7) is 15.7. The molecule has 1 aliphatic rings. The number of rotatable bonds is 7. The lowest BCUT2D eigenvalue weighted by molar-refractivity contribution is -0.153. The molecule has 6 heteroatoms. The first-order valence-corrected chi connectivity index (χ1v) is 14.8. The Morgan fingerprint density at radius 1 is 1.19 bits per heavy atom. The molecule has 1 rings (SSSR count). The second-order valence-corrected chi connectivity index (χ2v) is 18.0. The molecule has 3 unspecified atom stereocenters. The molecule has 122 valence electrons. The van der Waals surface area contributed by atoms with E-state index in [4.69, 9.17) is 9.16 Å². The second-order valence-electron chi connectivity index (χ2n) is 8.08. The highest BCUT2D eigenvalue weighted by Crippen LogP contribution is 2.39. The fraction of sp³-hybridized carbons (Fsp3) is 0.867. The van der Waals surface area contributed by atoms with Crippen LogP contribution < -0.4 is 0 Å². The molecule has 0 aliphatic carbocycles. The number of hydrogen-bond donors (Lipinski definition) is 0. The fourth-order valence-electron chi connectivity index (χ4n) is 2.97. The van der Waals surface area contributed by atoms with Gasteiger partial charge in [-0.25, -0.2) is 0 Å². The summed E-state index contributed by atoms with van der Waals surface area (Å²) in [7, 11) is -3.14. The van der Waals surface area contributed by atoms with Gasteiger partial charge in [-0.3, -0.25) is 9.59 Å². The number of hydrogen-bond acceptors (Lipinski definition) is 4. The van der Waals surface area contributed by atoms with E-state index in [0.29, 0.717) is 5.54 Å². The molecule has 0 aromatic heterocycles. The maximum Gasteiger partial charge on any atom is 0.317 e. The Balaban J connectivity index is 2.89. The summed E-state index contributed by atoms with van der Waals surface area (Å²) < 4.78 is 11.1. The lowest BCUT2D eigenvalue weighted by Crippen LogP contribution is -2.43. The molecule has 0 bridgehead atoms. The zero-order valence-corrected chi connectivity index (χ0v) is 16.5. The van der Waals surface area contributed by atoms with Crippen LogP contribution in [0.1, 0.15) is 26.2 Å². The molecule has 1 saturated heterocycles. The van der Waals surface area contributed by atoms with Gasteiger partial charge in [0, 0.05) is 6.10 Å². The molecule has 1 heterocycles. The van der Waals surface area contributed by atoms with E-state index < -0.39 is 16.4 Å². The monoisotopic (exact) mass is 330 g/mol. The van der Waals surface area contributed by atoms with Gasteiger partial charge in [0.25, 0.3) is 0 Å². The predicted octanol–water partition coefficient (Wildman–Crippen LogP) is 3.80. The maximum absolute atomic E-state index is 11.8. The summed E-state index contributed by atoms with van der Waals surface area (Å²) in [4.78, 5) is 23.1. The van der Waals surface area contributed by atoms with E-state index in [1.165, 1.54) is 0 Å². The maximum atomic E-state index is 11.8. The van der Waals surface area contributed by atoms with Crippen molar-refractivity contribution in [3.05, 3.63) is 0 Å². The molecule has 0 saturated carbocycles. The number of ether oxygens (including phenoxy) is 1. The van der Waals surface area contributed by atoms with Gasteiger partial charge in [0.2, 0.25) is 0 Å². The minimum Gasteiger partial charge on any atom is -0.415 e. The van der Waals surface area contributed by atoms with Crippen LogP contribution in [0.15, 0.2) is 0 Å². The van der Waals surface area contributed by atoms with E-state index in [0.717, 1.165) is 12.8 Å². The van der Waals surface area contributed by atoms with Gasteiger partial charge >= 0.3 is 11.9 Å². The van der Waals surface area contributed by atoms with Crippen LogP contribution in [-0.2, 0) is 18.8 Å². The van der Waals surface area contributed by atoms with Crippen molar-refractivity contribution in [2.75, 3.05) is 0 Å². The van der Waals surface area contributed by atoms with E-state index in [9.17, 15) is 9.59 Å². The number of carbonyl (C=O) groups is 2. The van der Waals surface area contributed by atoms with Crippen LogP contribution in [0.25, 0.3) is 0 Å². The van der Waals surface area contributed by atoms with Gasteiger partial charge < -0.3 is 9.16 Å². The van der Waals surface area contributed by atoms with Gasteiger partial charge in [0.15, 0.2) is 8.32 Å². The lowest BCUT2D eigenvalue weighted by atomic mass is 9.98. The quantitative estimate of drug-likeness (QED) is 0.405. The lowest BCUT2D eigenvalue weighted by Gasteiger charge is -2.39. The summed E-state index contributed by atoms with van der Waals surface area (Å²) in [5, 5.41) is 0. The molecule has 0 aromatic rings. The molecule has 1 fully saturated rings. The van der Waals surface area contributed by atoms with Crippen LogP contribution in [0.2, 0.25) is 44.8 Å². The van der Waals surface area contributed by atoms with E-state index in [1.807, 2.05) is 0 Å². The Bertz CT molecular complexity index is 395. The third-order valence-corrected chi connectivity index (χ3v) is 7.81. The Morgan fingerprint density at radius 2 is 1.76 bits per heavy atom. The molecule has 0 N–H and O–H groups in total. The zero-order valence-electron chi connectivity index (χ0n) is 14.5. The molecule has 1 aliphatic heterocycles. The topological polar surface area (TPSA) is 52.6 Å². The first kappa shape index (κ1) is 18.6. The molecular weight excluding hydrogens is 300 g/mol. The van der Waals surface area contributed by atoms with Crippen molar-refractivity contribution in [3.8, 4) is 0 Å². The van der Waals surface area contributed by atoms with Crippen LogP contribution in [0.4, 0.5) is 0 Å². The minimum absolute atomic E-state index is 0.187. The highest BCUT2D eigenvalue weighted by atomic mass is 28.4. The highest BCUT2D eigenvalue weighted by molar-refractivity contribution is 6.78. The summed E-state index contributed by atoms with van der Waals surface area (Å²) in [6, 6.07) is 0. The first-order chi connectivity index (χ1) is 9.44. The van der Waals surface area contributed by atoms with Crippen LogP contribution in [-0.4, -0.2) is 34.4 Å². The van der Waals surface area contributed by atoms with Crippen LogP contribution in [0.5, 0.6) is 0 Å². The van der Waals surface area contributed by atoms with E-state index in [2.05, 4.69) is 46.2 Å². The van der Waals surface area contributed by atoms with Crippen molar-refractivity contribution in [3.63, 3.8) is 0 Å². The molecule has 4 nitrogen and oxygen atoms in total. The summed E-state index contributed by atoms with van der Waals surface area (Å²) in [5.74, 6) is -0.988. The Hall–Kier alpha value is -0.466. The third kappa shape index (κ3) is 5.67. The highest BCUT2D eigenvalue weighted by Gasteiger charge is 2.42. The van der Waals surface area contributed by atoms with Gasteiger partial charge in [0.05, 0.1) is 20.4 Å². The summed E-state index contributed by atoms with van der Waals surface area (Å²) >= 11 is 0. The average Bonchev–Trinajstić information content (AvgIpc) is 2.59. The standard InChI is InChI=1S/C15H30O4Si2/c1-8-12(19-21(5,6)7)13(20(2,3)4)9-11-10-14(16)18-15(11)17/h11-13H,8-10H2,1-7H3. The van der Waals surface area contributed by atoms with E-state index >= 15 is 0 Å². The van der Waals surface area contributed by atoms with Gasteiger partial charge in [-0.15, -0.1) is 0 Å². The van der Waals surface area contributed by atoms with Crippen molar-refractivity contribution < 1.29 is 18.8 Å². The van der Waals surface area contributed by atoms with Crippen molar-refractivity contribution in [1.82, 2.24) is 0 Å². The smallest absolute Gasteiger partial charge is 0.317 e. The number of cyclic esters (lactones) is 2. The summed E-state index contributed by atoms with van der Waals surface area (Å²) in [5.41, 5.74) is 0.373. The zero-order chi connectivity index (χ0) is 16.4. The van der Waals surface area contributed by atoms with Gasteiger partial charge in [0.1, 0.15) is 0 Å². The number of esters is 2. The molecule has 0 spiro atoms. The van der Waals surface area contributed by atoms with E-state index in [1.54, 1.807) is 0 Å². The predicted molar refractivity (Wildman–Crippen MR) is 89.4 cm³/mol. The van der Waals surface area contributed by atoms with Crippen molar-refractivity contribution >= 4 is 28.3 Å². The van der Waals surface area contributed by atoms with Crippen LogP contribution >= 0.6 is 0 Å². The third-order valence-electron chi connectivity index (χ3n) is 3.97. The minimum atomic E-state index is -1.63. The van der Waals surface area contributed by atoms with E-state index in [-0.39, 0.29) is 30.4 Å². The molecule has 0 amide bonds. The average molecular weight is 331 g/mol. The Kier molecular flexibility index (Phi) is 5.97. The Labute approximate surface area is 130 Å². The largest absolute Gasteiger partial charge is 0.415 e. The van der Waals surface area contributed by atoms with Gasteiger partial charge in [-0.05, 0) is 38.0 Å². The molecule has 0 aromatic carbocycles. The van der Waals surface area contributed by atoms with Crippen molar-refractivity contribution in [1.29, 1.82) is 0 Å². The van der Waals surface area contributed by atoms with Crippen LogP contribution in [0.3, 0.4) is 0 Å². The molecular formula is C15H30O4Si2. The normalized spacial score (nSPS) is 23.1. The van der Waals surface area contributed by atoms with Crippen molar-refractivity contribution in [2.24, 2.45) is 5.92 Å². The number of carbonyl (C=O) groups excluding carboxylic acids is 2. The molecule has 0 radical (unpaired) electrons. The first-order valence-electron chi connectivity index (χ1n) is 7.86. The van der Waals surface area contributed by atoms with Gasteiger partial charge in [-0.2, -0.15) is 0 Å². The van der Waals surface area contributed by atoms with Crippen LogP contribution in [0, 0.1) is 5.92 Å². The Morgan fingerprint density at radius 3 is 2.10 bits per heavy atom. The fourth-order valence-corrected chi connectivity index (χ4v) is 6.76. The summed E-state index contributed by atoms with van der Waals surface area (Å²) in [6.07, 6.45) is 2.10. The molecule has 21 heavy (non-hydrogen) atoms. The second kappa shape index (κ2) is 6.75. The van der Waals surface area contributed by atoms with Crippen molar-refractivity contribution in [2.45, 2.75) is 77.1 Å². The van der Waals surface area contributed by atoms with Gasteiger partial charge in [-0.1, -0.05) is 26.6 Å².